The van der Waals surface area contributed by atoms with Gasteiger partial charge in [-0.05, 0) is 36.4 Å². The summed E-state index contributed by atoms with van der Waals surface area (Å²) in [6.45, 7) is 14.7. The predicted octanol–water partition coefficient (Wildman–Crippen LogP) is 6.10. The molecule has 1 N–H and O–H groups in total. The van der Waals surface area contributed by atoms with Gasteiger partial charge in [0, 0.05) is 23.7 Å². The van der Waals surface area contributed by atoms with E-state index in [4.69, 9.17) is 0 Å². The van der Waals surface area contributed by atoms with Crippen molar-refractivity contribution in [2.75, 3.05) is 6.54 Å². The van der Waals surface area contributed by atoms with E-state index >= 15 is 0 Å². The van der Waals surface area contributed by atoms with Crippen LogP contribution in [0, 0.1) is 6.92 Å². The second-order valence-electron chi connectivity index (χ2n) is 6.35. The number of nitrogens with one attached hydrogen (secondary N) is 1. The minimum Gasteiger partial charge on any atom is -0.379 e. The van der Waals surface area contributed by atoms with Gasteiger partial charge in [0.05, 0.1) is 12.2 Å². The minimum atomic E-state index is -2.86. The average Bonchev–Trinajstić information content (AvgIpc) is 2.64. The van der Waals surface area contributed by atoms with Crippen LogP contribution in [-0.4, -0.2) is 13.3 Å². The van der Waals surface area contributed by atoms with Crippen LogP contribution in [0.2, 0.25) is 0 Å². The highest BCUT2D eigenvalue weighted by molar-refractivity contribution is 5.81. The molecule has 2 aromatic carbocycles. The molecule has 0 saturated heterocycles. The van der Waals surface area contributed by atoms with Gasteiger partial charge in [0.1, 0.15) is 0 Å². The summed E-state index contributed by atoms with van der Waals surface area (Å²) in [6, 6.07) is 12.2. The van der Waals surface area contributed by atoms with Gasteiger partial charge in [0.15, 0.2) is 0 Å². The Bertz CT molecular complexity index is 872. The van der Waals surface area contributed by atoms with Crippen LogP contribution in [-0.2, 0) is 5.92 Å². The number of allylic oxidation sites excluding steroid dienone is 2. The molecule has 0 bridgehead atoms. The third-order valence-corrected chi connectivity index (χ3v) is 4.27. The maximum Gasteiger partial charge on any atom is 0.270 e. The molecule has 0 amide bonds. The Morgan fingerprint density at radius 1 is 1.19 bits per heavy atom. The van der Waals surface area contributed by atoms with E-state index in [0.717, 1.165) is 40.6 Å². The van der Waals surface area contributed by atoms with Gasteiger partial charge in [-0.1, -0.05) is 61.7 Å². The Kier molecular flexibility index (Phi) is 6.45. The van der Waals surface area contributed by atoms with Crippen LogP contribution in [0.15, 0.2) is 78.5 Å². The normalized spacial score (nSPS) is 11.8. The number of rotatable bonds is 8. The highest BCUT2D eigenvalue weighted by Gasteiger charge is 2.24. The van der Waals surface area contributed by atoms with E-state index in [2.05, 4.69) is 30.2 Å². The van der Waals surface area contributed by atoms with Crippen molar-refractivity contribution in [3.8, 4) is 11.1 Å². The predicted molar refractivity (Wildman–Crippen MR) is 111 cm³/mol. The Labute approximate surface area is 159 Å². The van der Waals surface area contributed by atoms with E-state index in [1.165, 1.54) is 12.1 Å². The summed E-state index contributed by atoms with van der Waals surface area (Å²) in [7, 11) is 0. The molecular formula is C23H24F2N2. The number of aryl methyl sites for hydroxylation is 1. The van der Waals surface area contributed by atoms with E-state index < -0.39 is 5.92 Å². The van der Waals surface area contributed by atoms with E-state index in [-0.39, 0.29) is 5.56 Å². The fraction of sp³-hybridized carbons (Fsp3) is 0.174. The molecule has 27 heavy (non-hydrogen) atoms. The second-order valence-corrected chi connectivity index (χ2v) is 6.35. The molecule has 2 rings (SSSR count). The van der Waals surface area contributed by atoms with Crippen LogP contribution in [0.4, 0.5) is 8.78 Å². The SMILES string of the molecule is C=C/C=C(/CNC(=C)c1c(C)cccc1-c1ccc(C(C)(F)F)cc1)N=C. The van der Waals surface area contributed by atoms with Gasteiger partial charge in [0.2, 0.25) is 0 Å². The van der Waals surface area contributed by atoms with Gasteiger partial charge in [0.25, 0.3) is 5.92 Å². The molecule has 2 aromatic rings. The Morgan fingerprint density at radius 3 is 2.41 bits per heavy atom. The number of hydrogen-bond acceptors (Lipinski definition) is 2. The highest BCUT2D eigenvalue weighted by atomic mass is 19.3. The quantitative estimate of drug-likeness (QED) is 0.443. The van der Waals surface area contributed by atoms with Crippen molar-refractivity contribution in [3.05, 3.63) is 90.2 Å². The third kappa shape index (κ3) is 5.00. The van der Waals surface area contributed by atoms with Gasteiger partial charge in [-0.3, -0.25) is 4.99 Å². The molecule has 0 saturated carbocycles. The van der Waals surface area contributed by atoms with Gasteiger partial charge in [-0.15, -0.1) is 0 Å². The number of halogens is 2. The molecular weight excluding hydrogens is 342 g/mol. The largest absolute Gasteiger partial charge is 0.379 e. The van der Waals surface area contributed by atoms with Crippen molar-refractivity contribution in [2.45, 2.75) is 19.8 Å². The molecule has 0 fully saturated rings. The first-order valence-electron chi connectivity index (χ1n) is 8.57. The Balaban J connectivity index is 2.36. The van der Waals surface area contributed by atoms with E-state index in [1.807, 2.05) is 25.1 Å². The first-order chi connectivity index (χ1) is 12.8. The molecule has 0 radical (unpaired) electrons. The average molecular weight is 366 g/mol. The van der Waals surface area contributed by atoms with Crippen molar-refractivity contribution < 1.29 is 8.78 Å². The minimum absolute atomic E-state index is 0.00586. The van der Waals surface area contributed by atoms with E-state index in [0.29, 0.717) is 6.54 Å². The van der Waals surface area contributed by atoms with Gasteiger partial charge in [-0.25, -0.2) is 8.78 Å². The van der Waals surface area contributed by atoms with Gasteiger partial charge in [-0.2, -0.15) is 0 Å². The van der Waals surface area contributed by atoms with E-state index in [1.54, 1.807) is 24.3 Å². The molecule has 2 nitrogen and oxygen atoms in total. The molecule has 0 spiro atoms. The van der Waals surface area contributed by atoms with Crippen LogP contribution >= 0.6 is 0 Å². The molecule has 0 aliphatic heterocycles. The summed E-state index contributed by atoms with van der Waals surface area (Å²) in [4.78, 5) is 3.94. The molecule has 4 heteroatoms. The fourth-order valence-corrected chi connectivity index (χ4v) is 2.84. The van der Waals surface area contributed by atoms with Crippen LogP contribution in [0.3, 0.4) is 0 Å². The number of hydrogen-bond donors (Lipinski definition) is 1. The monoisotopic (exact) mass is 366 g/mol. The fourth-order valence-electron chi connectivity index (χ4n) is 2.84. The lowest BCUT2D eigenvalue weighted by molar-refractivity contribution is 0.0175. The third-order valence-electron chi connectivity index (χ3n) is 4.27. The summed E-state index contributed by atoms with van der Waals surface area (Å²) in [5.41, 5.74) is 5.23. The van der Waals surface area contributed by atoms with Gasteiger partial charge >= 0.3 is 0 Å². The van der Waals surface area contributed by atoms with Crippen LogP contribution < -0.4 is 5.32 Å². The van der Waals surface area contributed by atoms with Crippen molar-refractivity contribution in [3.63, 3.8) is 0 Å². The topological polar surface area (TPSA) is 24.4 Å². The number of aliphatic imine (C=N–C) groups is 1. The first-order valence-corrected chi connectivity index (χ1v) is 8.57. The molecule has 0 aromatic heterocycles. The van der Waals surface area contributed by atoms with Gasteiger partial charge < -0.3 is 5.32 Å². The number of nitrogens with zero attached hydrogens (tertiary/aromatic N) is 1. The van der Waals surface area contributed by atoms with Crippen LogP contribution in [0.5, 0.6) is 0 Å². The first kappa shape index (κ1) is 20.3. The summed E-state index contributed by atoms with van der Waals surface area (Å²) >= 11 is 0. The summed E-state index contributed by atoms with van der Waals surface area (Å²) in [5.74, 6) is -2.86. The lowest BCUT2D eigenvalue weighted by Crippen LogP contribution is -2.15. The molecule has 0 aliphatic rings. The highest BCUT2D eigenvalue weighted by Crippen LogP contribution is 2.33. The maximum atomic E-state index is 13.5. The number of alkyl halides is 2. The zero-order chi connectivity index (χ0) is 20.0. The smallest absolute Gasteiger partial charge is 0.270 e. The van der Waals surface area contributed by atoms with Crippen LogP contribution in [0.1, 0.15) is 23.6 Å². The second kappa shape index (κ2) is 8.58. The van der Waals surface area contributed by atoms with Crippen LogP contribution in [0.25, 0.3) is 16.8 Å². The lowest BCUT2D eigenvalue weighted by Gasteiger charge is -2.18. The molecule has 0 aliphatic carbocycles. The molecule has 140 valence electrons. The molecule has 0 unspecified atom stereocenters. The summed E-state index contributed by atoms with van der Waals surface area (Å²) in [6.07, 6.45) is 3.43. The maximum absolute atomic E-state index is 13.5. The van der Waals surface area contributed by atoms with Crippen molar-refractivity contribution in [1.29, 1.82) is 0 Å². The standard InChI is InChI=1S/C23H24F2N2/c1-6-8-20(26-5)15-27-17(3)22-16(2)9-7-10-21(22)18-11-13-19(14-12-18)23(4,24)25/h6-14,27H,1,3,5,15H2,2,4H3/b20-8-. The Morgan fingerprint density at radius 2 is 1.85 bits per heavy atom. The molecule has 0 atom stereocenters. The summed E-state index contributed by atoms with van der Waals surface area (Å²) < 4.78 is 27.0. The Hall–Kier alpha value is -3.01. The van der Waals surface area contributed by atoms with Crippen molar-refractivity contribution >= 4 is 12.4 Å². The van der Waals surface area contributed by atoms with Crippen molar-refractivity contribution in [1.82, 2.24) is 5.32 Å². The zero-order valence-electron chi connectivity index (χ0n) is 15.7. The number of benzene rings is 2. The molecule has 0 heterocycles. The van der Waals surface area contributed by atoms with E-state index in [9.17, 15) is 8.78 Å². The lowest BCUT2D eigenvalue weighted by atomic mass is 9.93. The zero-order valence-corrected chi connectivity index (χ0v) is 15.7. The summed E-state index contributed by atoms with van der Waals surface area (Å²) in [5, 5.41) is 3.26. The van der Waals surface area contributed by atoms with Crippen molar-refractivity contribution in [2.24, 2.45) is 4.99 Å².